The first-order valence-electron chi connectivity index (χ1n) is 10.0. The molecule has 1 heterocycles. The third-order valence-electron chi connectivity index (χ3n) is 5.34. The lowest BCUT2D eigenvalue weighted by Gasteiger charge is -2.23. The van der Waals surface area contributed by atoms with Gasteiger partial charge < -0.3 is 9.64 Å². The number of rotatable bonds is 6. The van der Waals surface area contributed by atoms with Crippen LogP contribution < -0.4 is 9.64 Å². The number of para-hydroxylation sites is 1. The van der Waals surface area contributed by atoms with Crippen LogP contribution in [0.25, 0.3) is 0 Å². The molecule has 0 bridgehead atoms. The standard InChI is InChI=1S/C25H22N2O4/c1-3-26(18-9-5-4-6-10-18)25(30)21-15-17(13-14-22(21)31-2)16-27-23(28)19-11-7-8-12-20(19)24(27)29/h4-15H,3,16H2,1-2H3. The molecule has 0 atom stereocenters. The Hall–Kier alpha value is -3.93. The SMILES string of the molecule is CCN(C(=O)c1cc(CN2C(=O)c3ccccc3C2=O)ccc1OC)c1ccccc1. The molecule has 31 heavy (non-hydrogen) atoms. The van der Waals surface area contributed by atoms with Crippen molar-refractivity contribution in [1.29, 1.82) is 0 Å². The van der Waals surface area contributed by atoms with Crippen LogP contribution in [0.4, 0.5) is 5.69 Å². The number of ether oxygens (including phenoxy) is 1. The van der Waals surface area contributed by atoms with Crippen molar-refractivity contribution in [3.05, 3.63) is 95.1 Å². The first kappa shape index (κ1) is 20.3. The summed E-state index contributed by atoms with van der Waals surface area (Å²) in [4.78, 5) is 41.6. The second-order valence-corrected chi connectivity index (χ2v) is 7.16. The van der Waals surface area contributed by atoms with Gasteiger partial charge in [-0.3, -0.25) is 19.3 Å². The molecule has 3 aromatic carbocycles. The zero-order chi connectivity index (χ0) is 22.0. The van der Waals surface area contributed by atoms with Crippen LogP contribution in [-0.2, 0) is 6.54 Å². The monoisotopic (exact) mass is 414 g/mol. The highest BCUT2D eigenvalue weighted by atomic mass is 16.5. The normalized spacial score (nSPS) is 12.6. The number of nitrogens with zero attached hydrogens (tertiary/aromatic N) is 2. The quantitative estimate of drug-likeness (QED) is 0.568. The van der Waals surface area contributed by atoms with Gasteiger partial charge in [-0.25, -0.2) is 0 Å². The lowest BCUT2D eigenvalue weighted by Crippen LogP contribution is -2.31. The van der Waals surface area contributed by atoms with Crippen LogP contribution in [0.3, 0.4) is 0 Å². The van der Waals surface area contributed by atoms with E-state index in [-0.39, 0.29) is 24.3 Å². The van der Waals surface area contributed by atoms with Gasteiger partial charge in [0.15, 0.2) is 0 Å². The molecule has 1 aliphatic heterocycles. The molecule has 6 nitrogen and oxygen atoms in total. The van der Waals surface area contributed by atoms with Gasteiger partial charge in [0.05, 0.1) is 30.3 Å². The lowest BCUT2D eigenvalue weighted by atomic mass is 10.1. The maximum absolute atomic E-state index is 13.4. The highest BCUT2D eigenvalue weighted by Gasteiger charge is 2.35. The smallest absolute Gasteiger partial charge is 0.262 e. The molecule has 0 unspecified atom stereocenters. The maximum Gasteiger partial charge on any atom is 0.262 e. The molecule has 156 valence electrons. The molecular formula is C25H22N2O4. The summed E-state index contributed by atoms with van der Waals surface area (Å²) in [5.41, 5.74) is 2.63. The predicted molar refractivity (Wildman–Crippen MR) is 117 cm³/mol. The van der Waals surface area contributed by atoms with Gasteiger partial charge in [-0.05, 0) is 48.9 Å². The first-order valence-corrected chi connectivity index (χ1v) is 10.0. The van der Waals surface area contributed by atoms with E-state index in [1.54, 1.807) is 47.4 Å². The minimum Gasteiger partial charge on any atom is -0.496 e. The van der Waals surface area contributed by atoms with E-state index in [4.69, 9.17) is 4.74 Å². The fourth-order valence-electron chi connectivity index (χ4n) is 3.78. The van der Waals surface area contributed by atoms with Gasteiger partial charge in [0.25, 0.3) is 17.7 Å². The topological polar surface area (TPSA) is 66.9 Å². The number of hydrogen-bond donors (Lipinski definition) is 0. The summed E-state index contributed by atoms with van der Waals surface area (Å²) in [6, 6.07) is 21.3. The molecule has 0 saturated carbocycles. The van der Waals surface area contributed by atoms with Crippen molar-refractivity contribution < 1.29 is 19.1 Å². The van der Waals surface area contributed by atoms with Gasteiger partial charge in [-0.2, -0.15) is 0 Å². The number of hydrogen-bond acceptors (Lipinski definition) is 4. The first-order chi connectivity index (χ1) is 15.0. The van der Waals surface area contributed by atoms with Crippen molar-refractivity contribution in [3.63, 3.8) is 0 Å². The third kappa shape index (κ3) is 3.68. The molecule has 3 amide bonds. The van der Waals surface area contributed by atoms with Gasteiger partial charge >= 0.3 is 0 Å². The van der Waals surface area contributed by atoms with Gasteiger partial charge in [-0.15, -0.1) is 0 Å². The Morgan fingerprint density at radius 2 is 1.52 bits per heavy atom. The number of anilines is 1. The summed E-state index contributed by atoms with van der Waals surface area (Å²) < 4.78 is 5.42. The van der Waals surface area contributed by atoms with E-state index in [0.29, 0.717) is 34.5 Å². The van der Waals surface area contributed by atoms with Crippen LogP contribution >= 0.6 is 0 Å². The second kappa shape index (κ2) is 8.44. The highest BCUT2D eigenvalue weighted by Crippen LogP contribution is 2.28. The van der Waals surface area contributed by atoms with Crippen molar-refractivity contribution >= 4 is 23.4 Å². The zero-order valence-electron chi connectivity index (χ0n) is 17.4. The average Bonchev–Trinajstić information content (AvgIpc) is 3.05. The van der Waals surface area contributed by atoms with E-state index >= 15 is 0 Å². The van der Waals surface area contributed by atoms with E-state index in [2.05, 4.69) is 0 Å². The number of carbonyl (C=O) groups excluding carboxylic acids is 3. The van der Waals surface area contributed by atoms with Crippen molar-refractivity contribution in [3.8, 4) is 5.75 Å². The molecule has 0 fully saturated rings. The Balaban J connectivity index is 1.65. The number of fused-ring (bicyclic) bond motifs is 1. The predicted octanol–water partition coefficient (Wildman–Crippen LogP) is 4.16. The van der Waals surface area contributed by atoms with E-state index in [0.717, 1.165) is 5.69 Å². The van der Waals surface area contributed by atoms with Crippen LogP contribution in [0.1, 0.15) is 43.6 Å². The maximum atomic E-state index is 13.4. The largest absolute Gasteiger partial charge is 0.496 e. The molecule has 0 saturated heterocycles. The summed E-state index contributed by atoms with van der Waals surface area (Å²) >= 11 is 0. The Labute approximate surface area is 180 Å². The summed E-state index contributed by atoms with van der Waals surface area (Å²) in [5, 5.41) is 0. The van der Waals surface area contributed by atoms with E-state index in [1.807, 2.05) is 37.3 Å². The molecule has 6 heteroatoms. The Kier molecular flexibility index (Phi) is 5.54. The minimum absolute atomic E-state index is 0.0775. The van der Waals surface area contributed by atoms with Crippen LogP contribution in [-0.4, -0.2) is 36.3 Å². The van der Waals surface area contributed by atoms with Crippen LogP contribution in [0, 0.1) is 0 Å². The molecule has 4 rings (SSSR count). The molecule has 0 radical (unpaired) electrons. The van der Waals surface area contributed by atoms with Crippen LogP contribution in [0.2, 0.25) is 0 Å². The molecule has 0 spiro atoms. The Bertz CT molecular complexity index is 1120. The zero-order valence-corrected chi connectivity index (χ0v) is 17.4. The Morgan fingerprint density at radius 3 is 2.10 bits per heavy atom. The average molecular weight is 414 g/mol. The fraction of sp³-hybridized carbons (Fsp3) is 0.160. The lowest BCUT2D eigenvalue weighted by molar-refractivity contribution is 0.0642. The molecule has 0 N–H and O–H groups in total. The van der Waals surface area contributed by atoms with Gasteiger partial charge in [-0.1, -0.05) is 36.4 Å². The molecule has 3 aromatic rings. The molecular weight excluding hydrogens is 392 g/mol. The molecule has 0 aromatic heterocycles. The van der Waals surface area contributed by atoms with Crippen molar-refractivity contribution in [2.24, 2.45) is 0 Å². The van der Waals surface area contributed by atoms with Crippen LogP contribution in [0.5, 0.6) is 5.75 Å². The number of benzene rings is 3. The second-order valence-electron chi connectivity index (χ2n) is 7.16. The summed E-state index contributed by atoms with van der Waals surface area (Å²) in [5.74, 6) is -0.437. The van der Waals surface area contributed by atoms with E-state index in [9.17, 15) is 14.4 Å². The Morgan fingerprint density at radius 1 is 0.903 bits per heavy atom. The van der Waals surface area contributed by atoms with Crippen LogP contribution in [0.15, 0.2) is 72.8 Å². The fourth-order valence-corrected chi connectivity index (χ4v) is 3.78. The van der Waals surface area contributed by atoms with Gasteiger partial charge in [0.1, 0.15) is 5.75 Å². The van der Waals surface area contributed by atoms with E-state index < -0.39 is 0 Å². The van der Waals surface area contributed by atoms with Gasteiger partial charge in [0.2, 0.25) is 0 Å². The van der Waals surface area contributed by atoms with Crippen molar-refractivity contribution in [1.82, 2.24) is 4.90 Å². The highest BCUT2D eigenvalue weighted by molar-refractivity contribution is 6.21. The minimum atomic E-state index is -0.330. The van der Waals surface area contributed by atoms with Crippen molar-refractivity contribution in [2.75, 3.05) is 18.6 Å². The number of imide groups is 1. The van der Waals surface area contributed by atoms with Gasteiger partial charge in [0, 0.05) is 12.2 Å². The molecule has 1 aliphatic rings. The summed E-state index contributed by atoms with van der Waals surface area (Å²) in [7, 11) is 1.51. The van der Waals surface area contributed by atoms with Crippen molar-refractivity contribution in [2.45, 2.75) is 13.5 Å². The molecule has 0 aliphatic carbocycles. The summed E-state index contributed by atoms with van der Waals surface area (Å²) in [6.07, 6.45) is 0. The summed E-state index contributed by atoms with van der Waals surface area (Å²) in [6.45, 7) is 2.46. The number of carbonyl (C=O) groups is 3. The third-order valence-corrected chi connectivity index (χ3v) is 5.34. The van der Waals surface area contributed by atoms with E-state index in [1.165, 1.54) is 12.0 Å². The number of methoxy groups -OCH3 is 1. The number of amides is 3.